The third kappa shape index (κ3) is 14.2. The molecular weight excluding hydrogens is 836 g/mol. The van der Waals surface area contributed by atoms with E-state index in [4.69, 9.17) is 18.6 Å². The molecule has 1 aromatic heterocycles. The fourth-order valence-electron chi connectivity index (χ4n) is 5.08. The molecule has 53 heavy (non-hydrogen) atoms. The third-order valence-electron chi connectivity index (χ3n) is 7.25. The average molecular weight is 871 g/mol. The Morgan fingerprint density at radius 2 is 0.491 bits per heavy atom. The topological polar surface area (TPSA) is 118 Å². The van der Waals surface area contributed by atoms with Crippen LogP contribution in [0.2, 0.25) is 0 Å². The van der Waals surface area contributed by atoms with E-state index in [0.717, 1.165) is 11.0 Å². The number of aromatic nitrogens is 2. The molecule has 0 N–H and O–H groups in total. The zero-order valence-electron chi connectivity index (χ0n) is 28.1. The Bertz CT molecular complexity index is 1810. The second-order valence-electron chi connectivity index (χ2n) is 10.8. The fourth-order valence-corrected chi connectivity index (χ4v) is 10.8. The zero-order valence-corrected chi connectivity index (χ0v) is 33.3. The van der Waals surface area contributed by atoms with Crippen LogP contribution in [0.1, 0.15) is 0 Å². The van der Waals surface area contributed by atoms with Crippen LogP contribution in [0, 0.1) is 10.2 Å². The Morgan fingerprint density at radius 3 is 0.679 bits per heavy atom. The van der Waals surface area contributed by atoms with Gasteiger partial charge < -0.3 is 0 Å². The summed E-state index contributed by atoms with van der Waals surface area (Å²) in [5.41, 5.74) is 2.11. The van der Waals surface area contributed by atoms with Crippen LogP contribution in [-0.4, -0.2) is 22.9 Å². The van der Waals surface area contributed by atoms with Crippen LogP contribution < -0.4 is 50.5 Å². The van der Waals surface area contributed by atoms with E-state index in [-0.39, 0.29) is 32.0 Å². The van der Waals surface area contributed by atoms with Crippen molar-refractivity contribution in [2.24, 2.45) is 0 Å². The molecule has 270 valence electrons. The van der Waals surface area contributed by atoms with Gasteiger partial charge in [-0.25, -0.2) is 18.6 Å². The predicted molar refractivity (Wildman–Crippen MR) is 207 cm³/mol. The Labute approximate surface area is 331 Å². The molecule has 0 aliphatic carbocycles. The Kier molecular flexibility index (Phi) is 17.7. The molecule has 0 radical (unpaired) electrons. The summed E-state index contributed by atoms with van der Waals surface area (Å²) in [6, 6.07) is 72.6. The van der Waals surface area contributed by atoms with Crippen LogP contribution in [-0.2, 0) is 17.1 Å². The molecule has 8 aromatic rings. The van der Waals surface area contributed by atoms with E-state index in [9.17, 15) is 0 Å². The van der Waals surface area contributed by atoms with Crippen molar-refractivity contribution in [2.45, 2.75) is 0 Å². The van der Waals surface area contributed by atoms with E-state index in [2.05, 4.69) is 190 Å². The monoisotopic (exact) mass is 870 g/mol. The Morgan fingerprint density at radius 1 is 0.321 bits per heavy atom. The minimum atomic E-state index is -4.94. The summed E-state index contributed by atoms with van der Waals surface area (Å²) in [6.07, 6.45) is 0. The summed E-state index contributed by atoms with van der Waals surface area (Å²) in [5, 5.41) is 8.39. The molecule has 6 nitrogen and oxygen atoms in total. The molecule has 0 saturated heterocycles. The number of hydrogen-bond acceptors (Lipinski definition) is 6. The van der Waals surface area contributed by atoms with E-state index >= 15 is 0 Å². The van der Waals surface area contributed by atoms with Crippen molar-refractivity contribution >= 4 is 73.7 Å². The third-order valence-corrected chi connectivity index (χ3v) is 13.3. The Hall–Kier alpha value is -3.83. The number of hydrogen-bond donors (Lipinski definition) is 0. The van der Waals surface area contributed by atoms with Gasteiger partial charge in [-0.3, -0.25) is 0 Å². The molecule has 11 heteroatoms. The second-order valence-corrected chi connectivity index (χ2v) is 17.1. The van der Waals surface area contributed by atoms with Gasteiger partial charge >= 0.3 is 75.3 Å². The van der Waals surface area contributed by atoms with Crippen molar-refractivity contribution in [3.8, 4) is 0 Å². The standard InChI is InChI=1S/2C18H15P.C6H4N2Se.ClHO4.Cu/c2*1-4-10-16(11-5-1)19(17-12-6-2-7-13-17)18-14-8-3-9-15-18;1-2-4-6-5(3-1)7-9-8-6;2-1(3,4)5;/h2*1-15H;1-4H;(H,2,3,4,5);/q;;;;+1/p-1. The number of fused-ring (bicyclic) bond motifs is 1. The van der Waals surface area contributed by atoms with Gasteiger partial charge in [0.15, 0.2) is 0 Å². The first-order chi connectivity index (χ1) is 25.4. The van der Waals surface area contributed by atoms with Crippen LogP contribution in [0.3, 0.4) is 0 Å². The molecule has 0 bridgehead atoms. The van der Waals surface area contributed by atoms with E-state index in [1.54, 1.807) is 0 Å². The van der Waals surface area contributed by atoms with Crippen molar-refractivity contribution in [3.63, 3.8) is 0 Å². The van der Waals surface area contributed by atoms with Crippen molar-refractivity contribution < 1.29 is 45.9 Å². The second kappa shape index (κ2) is 22.4. The minimum absolute atomic E-state index is 0. The van der Waals surface area contributed by atoms with E-state index in [1.807, 2.05) is 24.3 Å². The normalized spacial score (nSPS) is 10.5. The van der Waals surface area contributed by atoms with Crippen molar-refractivity contribution in [1.29, 1.82) is 0 Å². The predicted octanol–water partition coefficient (Wildman–Crippen LogP) is 2.82. The number of benzene rings is 7. The molecule has 0 aliphatic heterocycles. The quantitative estimate of drug-likeness (QED) is 0.188. The van der Waals surface area contributed by atoms with E-state index in [1.165, 1.54) is 31.8 Å². The Balaban J connectivity index is 0.000000173. The van der Waals surface area contributed by atoms with Crippen molar-refractivity contribution in [3.05, 3.63) is 206 Å². The molecule has 1 heterocycles. The molecule has 0 atom stereocenters. The maximum atomic E-state index is 8.49. The number of rotatable bonds is 6. The van der Waals surface area contributed by atoms with Gasteiger partial charge in [0.25, 0.3) is 0 Å². The summed E-state index contributed by atoms with van der Waals surface area (Å²) in [4.78, 5) is 0. The molecule has 7 aromatic carbocycles. The first kappa shape index (κ1) is 41.9. The van der Waals surface area contributed by atoms with E-state index < -0.39 is 26.1 Å². The van der Waals surface area contributed by atoms with Crippen LogP contribution in [0.25, 0.3) is 11.0 Å². The molecular formula is C42H34ClCuN2O4P2Se. The number of nitrogens with zero attached hydrogens (tertiary/aromatic N) is 2. The van der Waals surface area contributed by atoms with Crippen molar-refractivity contribution in [1.82, 2.24) is 7.96 Å². The van der Waals surface area contributed by atoms with Crippen LogP contribution >= 0.6 is 15.8 Å². The summed E-state index contributed by atoms with van der Waals surface area (Å²) >= 11 is 0.129. The fraction of sp³-hybridized carbons (Fsp3) is 0. The van der Waals surface area contributed by atoms with E-state index in [0.29, 0.717) is 0 Å². The zero-order chi connectivity index (χ0) is 36.4. The summed E-state index contributed by atoms with van der Waals surface area (Å²) in [7, 11) is -5.84. The molecule has 0 saturated carbocycles. The molecule has 0 fully saturated rings. The summed E-state index contributed by atoms with van der Waals surface area (Å²) in [6.45, 7) is 0. The molecule has 0 amide bonds. The average Bonchev–Trinajstić information content (AvgIpc) is 3.67. The first-order valence-electron chi connectivity index (χ1n) is 16.1. The summed E-state index contributed by atoms with van der Waals surface area (Å²) < 4.78 is 42.4. The van der Waals surface area contributed by atoms with Crippen LogP contribution in [0.15, 0.2) is 206 Å². The SMILES string of the molecule is [Cu+].[O-][Cl+3]([O-])([O-])[O-].c1ccc(P(c2ccccc2)c2ccccc2)cc1.c1ccc(P(c2ccccc2)c2ccccc2)cc1.c1ccc2n[se]nc2c1. The van der Waals surface area contributed by atoms with Gasteiger partial charge in [0.1, 0.15) is 0 Å². The molecule has 8 rings (SSSR count). The molecule has 0 spiro atoms. The van der Waals surface area contributed by atoms with Gasteiger partial charge in [0.05, 0.1) is 0 Å². The van der Waals surface area contributed by atoms with Gasteiger partial charge in [-0.2, -0.15) is 0 Å². The molecule has 0 unspecified atom stereocenters. The van der Waals surface area contributed by atoms with Gasteiger partial charge in [0.2, 0.25) is 0 Å². The summed E-state index contributed by atoms with van der Waals surface area (Å²) in [5.74, 6) is 0. The van der Waals surface area contributed by atoms with Gasteiger partial charge in [-0.1, -0.05) is 182 Å². The van der Waals surface area contributed by atoms with Crippen LogP contribution in [0.5, 0.6) is 0 Å². The van der Waals surface area contributed by atoms with Crippen LogP contribution in [0.4, 0.5) is 0 Å². The first-order valence-corrected chi connectivity index (χ1v) is 21.5. The molecule has 0 aliphatic rings. The number of halogens is 1. The van der Waals surface area contributed by atoms with Gasteiger partial charge in [-0.05, 0) is 47.7 Å². The van der Waals surface area contributed by atoms with Gasteiger partial charge in [0, 0.05) is 0 Å². The van der Waals surface area contributed by atoms with Gasteiger partial charge in [-0.15, -0.1) is 10.2 Å². The maximum absolute atomic E-state index is 8.49. The van der Waals surface area contributed by atoms with Crippen molar-refractivity contribution in [2.75, 3.05) is 0 Å².